The van der Waals surface area contributed by atoms with Crippen LogP contribution in [0.4, 0.5) is 18.9 Å². The van der Waals surface area contributed by atoms with Crippen molar-refractivity contribution in [1.82, 2.24) is 0 Å². The maximum absolute atomic E-state index is 12.8. The van der Waals surface area contributed by atoms with Crippen LogP contribution in [-0.2, 0) is 4.79 Å². The molecule has 0 bridgehead atoms. The molecule has 1 aliphatic heterocycles. The lowest BCUT2D eigenvalue weighted by Gasteiger charge is -2.15. The van der Waals surface area contributed by atoms with E-state index in [1.807, 2.05) is 0 Å². The van der Waals surface area contributed by atoms with E-state index >= 15 is 0 Å². The lowest BCUT2D eigenvalue weighted by Crippen LogP contribution is -2.28. The number of carbonyl (C=O) groups excluding carboxylic acids is 1. The lowest BCUT2D eigenvalue weighted by atomic mass is 10.2. The standard InChI is InChI=1S/C21H11Cl2F3N2O3S/c22-12-7-11(8-13(23)9-12)17-6-5-16(30-17)10-18-19(29)28(20(27)32-18)14-1-3-15(4-2-14)31-21(24,25)26/h1-10,27H/b18-10-,27-20?. The first-order chi connectivity index (χ1) is 15.1. The molecule has 4 rings (SSSR count). The zero-order chi connectivity index (χ0) is 23.0. The Morgan fingerprint density at radius 2 is 1.69 bits per heavy atom. The van der Waals surface area contributed by atoms with Crippen LogP contribution in [0.15, 0.2) is 63.9 Å². The monoisotopic (exact) mass is 498 g/mol. The SMILES string of the molecule is N=C1S/C(=C\c2ccc(-c3cc(Cl)cc(Cl)c3)o2)C(=O)N1c1ccc(OC(F)(F)F)cc1. The van der Waals surface area contributed by atoms with Gasteiger partial charge in [-0.15, -0.1) is 13.2 Å². The average Bonchev–Trinajstić information content (AvgIpc) is 3.26. The third-order valence-electron chi connectivity index (χ3n) is 4.20. The highest BCUT2D eigenvalue weighted by molar-refractivity contribution is 8.19. The molecule has 1 fully saturated rings. The summed E-state index contributed by atoms with van der Waals surface area (Å²) >= 11 is 12.9. The summed E-state index contributed by atoms with van der Waals surface area (Å²) in [5.74, 6) is -0.0697. The largest absolute Gasteiger partial charge is 0.573 e. The molecule has 0 aliphatic carbocycles. The second-order valence-corrected chi connectivity index (χ2v) is 8.36. The molecule has 1 amide bonds. The average molecular weight is 499 g/mol. The predicted molar refractivity (Wildman–Crippen MR) is 118 cm³/mol. The quantitative estimate of drug-likeness (QED) is 0.386. The molecular weight excluding hydrogens is 488 g/mol. The molecule has 0 unspecified atom stereocenters. The fourth-order valence-corrected chi connectivity index (χ4v) is 4.30. The molecule has 164 valence electrons. The van der Waals surface area contributed by atoms with Crippen molar-refractivity contribution in [2.24, 2.45) is 0 Å². The molecule has 3 aromatic rings. The van der Waals surface area contributed by atoms with Crippen LogP contribution in [0.5, 0.6) is 5.75 Å². The molecule has 1 N–H and O–H groups in total. The van der Waals surface area contributed by atoms with Crippen molar-refractivity contribution in [2.75, 3.05) is 4.90 Å². The molecule has 1 saturated heterocycles. The Labute approximate surface area is 193 Å². The highest BCUT2D eigenvalue weighted by atomic mass is 35.5. The van der Waals surface area contributed by atoms with E-state index in [1.165, 1.54) is 18.2 Å². The topological polar surface area (TPSA) is 66.5 Å². The van der Waals surface area contributed by atoms with Crippen LogP contribution in [-0.4, -0.2) is 17.4 Å². The molecule has 0 radical (unpaired) electrons. The third-order valence-corrected chi connectivity index (χ3v) is 5.52. The number of ether oxygens (including phenoxy) is 1. The number of rotatable bonds is 4. The summed E-state index contributed by atoms with van der Waals surface area (Å²) in [5.41, 5.74) is 0.896. The van der Waals surface area contributed by atoms with Crippen molar-refractivity contribution in [2.45, 2.75) is 6.36 Å². The van der Waals surface area contributed by atoms with Crippen LogP contribution in [0.1, 0.15) is 5.76 Å². The molecule has 1 aromatic heterocycles. The normalized spacial score (nSPS) is 15.7. The molecule has 32 heavy (non-hydrogen) atoms. The van der Waals surface area contributed by atoms with Crippen molar-refractivity contribution < 1.29 is 27.1 Å². The zero-order valence-electron chi connectivity index (χ0n) is 15.7. The van der Waals surface area contributed by atoms with Gasteiger partial charge in [0.2, 0.25) is 0 Å². The Bertz CT molecular complexity index is 1220. The number of amides is 1. The van der Waals surface area contributed by atoms with E-state index in [-0.39, 0.29) is 15.8 Å². The van der Waals surface area contributed by atoms with E-state index in [0.29, 0.717) is 27.1 Å². The fourth-order valence-electron chi connectivity index (χ4n) is 2.93. The van der Waals surface area contributed by atoms with Crippen molar-refractivity contribution in [3.63, 3.8) is 0 Å². The number of carbonyl (C=O) groups is 1. The van der Waals surface area contributed by atoms with Crippen molar-refractivity contribution in [3.05, 3.63) is 75.3 Å². The lowest BCUT2D eigenvalue weighted by molar-refractivity contribution is -0.274. The minimum Gasteiger partial charge on any atom is -0.457 e. The number of nitrogens with one attached hydrogen (secondary N) is 1. The maximum Gasteiger partial charge on any atom is 0.573 e. The molecule has 1 aliphatic rings. The number of thioether (sulfide) groups is 1. The molecule has 2 heterocycles. The highest BCUT2D eigenvalue weighted by Crippen LogP contribution is 2.37. The summed E-state index contributed by atoms with van der Waals surface area (Å²) in [5, 5.41) is 8.90. The number of anilines is 1. The summed E-state index contributed by atoms with van der Waals surface area (Å²) in [4.78, 5) is 14.1. The van der Waals surface area contributed by atoms with Gasteiger partial charge in [0.1, 0.15) is 17.3 Å². The summed E-state index contributed by atoms with van der Waals surface area (Å²) in [6, 6.07) is 13.0. The second-order valence-electron chi connectivity index (χ2n) is 6.46. The number of hydrogen-bond acceptors (Lipinski definition) is 5. The van der Waals surface area contributed by atoms with Gasteiger partial charge in [0, 0.05) is 21.7 Å². The summed E-state index contributed by atoms with van der Waals surface area (Å²) in [6.45, 7) is 0. The Hall–Kier alpha value is -2.88. The molecule has 11 heteroatoms. The van der Waals surface area contributed by atoms with Crippen LogP contribution in [0, 0.1) is 5.41 Å². The van der Waals surface area contributed by atoms with E-state index in [9.17, 15) is 18.0 Å². The van der Waals surface area contributed by atoms with Gasteiger partial charge in [-0.05, 0) is 66.4 Å². The number of amidine groups is 1. The smallest absolute Gasteiger partial charge is 0.457 e. The van der Waals surface area contributed by atoms with E-state index in [2.05, 4.69) is 4.74 Å². The molecule has 0 saturated carbocycles. The minimum atomic E-state index is -4.82. The molecule has 2 aromatic carbocycles. The first-order valence-corrected chi connectivity index (χ1v) is 10.4. The van der Waals surface area contributed by atoms with E-state index < -0.39 is 18.0 Å². The number of furan rings is 1. The van der Waals surface area contributed by atoms with Gasteiger partial charge >= 0.3 is 6.36 Å². The zero-order valence-corrected chi connectivity index (χ0v) is 18.1. The number of benzene rings is 2. The minimum absolute atomic E-state index is 0.0980. The number of nitrogens with zero attached hydrogens (tertiary/aromatic N) is 1. The van der Waals surface area contributed by atoms with Gasteiger partial charge in [-0.1, -0.05) is 23.2 Å². The summed E-state index contributed by atoms with van der Waals surface area (Å²) in [6.07, 6.45) is -3.33. The summed E-state index contributed by atoms with van der Waals surface area (Å²) in [7, 11) is 0. The van der Waals surface area contributed by atoms with Gasteiger partial charge in [0.25, 0.3) is 5.91 Å². The Balaban J connectivity index is 1.55. The van der Waals surface area contributed by atoms with Crippen LogP contribution < -0.4 is 9.64 Å². The number of hydrogen-bond donors (Lipinski definition) is 1. The third kappa shape index (κ3) is 4.95. The molecule has 0 atom stereocenters. The molecule has 5 nitrogen and oxygen atoms in total. The van der Waals surface area contributed by atoms with Gasteiger partial charge < -0.3 is 9.15 Å². The summed E-state index contributed by atoms with van der Waals surface area (Å²) < 4.78 is 46.5. The van der Waals surface area contributed by atoms with Crippen molar-refractivity contribution in [3.8, 4) is 17.1 Å². The van der Waals surface area contributed by atoms with Gasteiger partial charge in [-0.3, -0.25) is 15.1 Å². The first-order valence-electron chi connectivity index (χ1n) is 8.84. The Morgan fingerprint density at radius 1 is 1.03 bits per heavy atom. The van der Waals surface area contributed by atoms with Crippen LogP contribution >= 0.6 is 35.0 Å². The van der Waals surface area contributed by atoms with Gasteiger partial charge in [0.15, 0.2) is 5.17 Å². The molecule has 0 spiro atoms. The fraction of sp³-hybridized carbons (Fsp3) is 0.0476. The Kier molecular flexibility index (Phi) is 5.98. The maximum atomic E-state index is 12.8. The number of alkyl halides is 3. The Morgan fingerprint density at radius 3 is 2.31 bits per heavy atom. The van der Waals surface area contributed by atoms with Crippen LogP contribution in [0.25, 0.3) is 17.4 Å². The number of halogens is 5. The highest BCUT2D eigenvalue weighted by Gasteiger charge is 2.34. The van der Waals surface area contributed by atoms with Gasteiger partial charge in [-0.25, -0.2) is 0 Å². The predicted octanol–water partition coefficient (Wildman–Crippen LogP) is 7.21. The second kappa shape index (κ2) is 8.57. The van der Waals surface area contributed by atoms with Crippen LogP contribution in [0.2, 0.25) is 10.0 Å². The van der Waals surface area contributed by atoms with E-state index in [4.69, 9.17) is 33.0 Å². The molecular formula is C21H11Cl2F3N2O3S. The van der Waals surface area contributed by atoms with Gasteiger partial charge in [-0.2, -0.15) is 0 Å². The first kappa shape index (κ1) is 22.3. The van der Waals surface area contributed by atoms with Crippen molar-refractivity contribution >= 4 is 57.8 Å². The van der Waals surface area contributed by atoms with Crippen molar-refractivity contribution in [1.29, 1.82) is 5.41 Å². The van der Waals surface area contributed by atoms with E-state index in [1.54, 1.807) is 30.3 Å². The van der Waals surface area contributed by atoms with Gasteiger partial charge in [0.05, 0.1) is 10.6 Å². The van der Waals surface area contributed by atoms with Crippen LogP contribution in [0.3, 0.4) is 0 Å². The van der Waals surface area contributed by atoms with E-state index in [0.717, 1.165) is 28.8 Å².